The molecule has 12 heteroatoms. The Morgan fingerprint density at radius 2 is 1.34 bits per heavy atom. The predicted octanol–water partition coefficient (Wildman–Crippen LogP) is 8.47. The largest absolute Gasteiger partial charge is 0.469 e. The fourth-order valence-electron chi connectivity index (χ4n) is 5.88. The third-order valence-corrected chi connectivity index (χ3v) is 11.5. The number of hydrogen-bond acceptors (Lipinski definition) is 9. The van der Waals surface area contributed by atoms with Crippen molar-refractivity contribution in [1.82, 2.24) is 4.98 Å². The van der Waals surface area contributed by atoms with E-state index in [0.717, 1.165) is 40.5 Å². The second-order valence-corrected chi connectivity index (χ2v) is 15.0. The molecule has 0 aliphatic heterocycles. The summed E-state index contributed by atoms with van der Waals surface area (Å²) in [5.41, 5.74) is 5.56. The Kier molecular flexibility index (Phi) is 11.9. The SMILES string of the molecule is COC(=O)CCc1ccc(N(Cc2ccc(CN(CCc3ccccc3)c3nc(-c4ccccc4)cs3)cc2)S(=O)(=O)c2ccccc2[N+](=O)[O-])cc1. The lowest BCUT2D eigenvalue weighted by Crippen LogP contribution is -2.31. The molecule has 0 bridgehead atoms. The van der Waals surface area contributed by atoms with Crippen LogP contribution in [0.5, 0.6) is 0 Å². The molecule has 0 atom stereocenters. The fourth-order valence-corrected chi connectivity index (χ4v) is 8.35. The topological polar surface area (TPSA) is 123 Å². The van der Waals surface area contributed by atoms with Gasteiger partial charge in [-0.05, 0) is 53.3 Å². The quantitative estimate of drug-likeness (QED) is 0.0549. The van der Waals surface area contributed by atoms with Crippen molar-refractivity contribution in [3.63, 3.8) is 0 Å². The Hall–Kier alpha value is -5.85. The van der Waals surface area contributed by atoms with Crippen molar-refractivity contribution in [1.29, 1.82) is 0 Å². The molecular weight excluding hydrogens is 709 g/mol. The van der Waals surface area contributed by atoms with E-state index in [1.807, 2.05) is 72.8 Å². The average molecular weight is 747 g/mol. The number of rotatable bonds is 16. The summed E-state index contributed by atoms with van der Waals surface area (Å²) in [5, 5.41) is 14.9. The maximum Gasteiger partial charge on any atom is 0.305 e. The molecule has 0 saturated carbocycles. The summed E-state index contributed by atoms with van der Waals surface area (Å²) in [6.07, 6.45) is 1.43. The van der Waals surface area contributed by atoms with Gasteiger partial charge < -0.3 is 9.64 Å². The number of carbonyl (C=O) groups excluding carboxylic acids is 1. The number of thiazole rings is 1. The van der Waals surface area contributed by atoms with E-state index in [9.17, 15) is 23.3 Å². The number of hydrogen-bond donors (Lipinski definition) is 0. The number of nitro benzene ring substituents is 1. The lowest BCUT2D eigenvalue weighted by atomic mass is 10.1. The first kappa shape index (κ1) is 36.9. The minimum Gasteiger partial charge on any atom is -0.469 e. The number of esters is 1. The monoisotopic (exact) mass is 746 g/mol. The molecule has 0 unspecified atom stereocenters. The van der Waals surface area contributed by atoms with E-state index in [1.54, 1.807) is 35.6 Å². The fraction of sp³-hybridized carbons (Fsp3) is 0.171. The zero-order valence-electron chi connectivity index (χ0n) is 29.1. The van der Waals surface area contributed by atoms with Crippen LogP contribution in [0, 0.1) is 10.1 Å². The summed E-state index contributed by atoms with van der Waals surface area (Å²) in [5.74, 6) is -0.346. The molecule has 0 fully saturated rings. The number of anilines is 2. The van der Waals surface area contributed by atoms with Gasteiger partial charge >= 0.3 is 5.97 Å². The van der Waals surface area contributed by atoms with Gasteiger partial charge in [0.25, 0.3) is 15.7 Å². The highest BCUT2D eigenvalue weighted by Gasteiger charge is 2.32. The number of para-hydroxylation sites is 1. The third kappa shape index (κ3) is 9.34. The molecule has 1 heterocycles. The van der Waals surface area contributed by atoms with E-state index >= 15 is 0 Å². The van der Waals surface area contributed by atoms with Crippen LogP contribution in [0.2, 0.25) is 0 Å². The molecule has 0 radical (unpaired) electrons. The molecule has 53 heavy (non-hydrogen) atoms. The molecule has 0 aliphatic carbocycles. The van der Waals surface area contributed by atoms with Crippen molar-refractivity contribution >= 4 is 43.8 Å². The van der Waals surface area contributed by atoms with Crippen molar-refractivity contribution in [2.75, 3.05) is 22.9 Å². The zero-order valence-corrected chi connectivity index (χ0v) is 30.7. The highest BCUT2D eigenvalue weighted by Crippen LogP contribution is 2.32. The summed E-state index contributed by atoms with van der Waals surface area (Å²) in [4.78, 5) is 29.7. The Morgan fingerprint density at radius 3 is 2.00 bits per heavy atom. The maximum atomic E-state index is 14.2. The van der Waals surface area contributed by atoms with Crippen LogP contribution >= 0.6 is 11.3 Å². The number of aromatic nitrogens is 1. The number of nitrogens with zero attached hydrogens (tertiary/aromatic N) is 4. The van der Waals surface area contributed by atoms with Crippen LogP contribution in [0.25, 0.3) is 11.3 Å². The average Bonchev–Trinajstić information content (AvgIpc) is 3.69. The number of sulfonamides is 1. The van der Waals surface area contributed by atoms with Gasteiger partial charge in [0, 0.05) is 36.5 Å². The molecule has 0 saturated heterocycles. The number of methoxy groups -OCH3 is 1. The minimum atomic E-state index is -4.39. The van der Waals surface area contributed by atoms with Gasteiger partial charge in [0.15, 0.2) is 10.0 Å². The van der Waals surface area contributed by atoms with Crippen LogP contribution in [0.1, 0.15) is 28.7 Å². The second-order valence-electron chi connectivity index (χ2n) is 12.3. The van der Waals surface area contributed by atoms with Crippen molar-refractivity contribution < 1.29 is 22.9 Å². The molecule has 0 amide bonds. The lowest BCUT2D eigenvalue weighted by Gasteiger charge is -2.25. The number of ether oxygens (including phenoxy) is 1. The Morgan fingerprint density at radius 1 is 0.755 bits per heavy atom. The highest BCUT2D eigenvalue weighted by molar-refractivity contribution is 7.93. The van der Waals surface area contributed by atoms with Gasteiger partial charge in [-0.1, -0.05) is 109 Å². The van der Waals surface area contributed by atoms with E-state index < -0.39 is 25.5 Å². The van der Waals surface area contributed by atoms with Gasteiger partial charge in [0.05, 0.1) is 30.0 Å². The van der Waals surface area contributed by atoms with E-state index in [-0.39, 0.29) is 18.9 Å². The molecule has 6 aromatic rings. The van der Waals surface area contributed by atoms with Crippen LogP contribution < -0.4 is 9.21 Å². The molecule has 6 rings (SSSR count). The second kappa shape index (κ2) is 17.1. The van der Waals surface area contributed by atoms with Crippen LogP contribution in [0.4, 0.5) is 16.5 Å². The van der Waals surface area contributed by atoms with E-state index in [4.69, 9.17) is 9.72 Å². The first-order chi connectivity index (χ1) is 25.7. The molecule has 5 aromatic carbocycles. The Bertz CT molecular complexity index is 2250. The first-order valence-electron chi connectivity index (χ1n) is 17.0. The Balaban J connectivity index is 1.26. The van der Waals surface area contributed by atoms with Gasteiger partial charge in [-0.2, -0.15) is 0 Å². The van der Waals surface area contributed by atoms with E-state index in [1.165, 1.54) is 41.2 Å². The van der Waals surface area contributed by atoms with Crippen LogP contribution in [-0.4, -0.2) is 37.9 Å². The number of benzene rings is 5. The summed E-state index contributed by atoms with van der Waals surface area (Å²) in [6.45, 7) is 1.26. The van der Waals surface area contributed by atoms with Crippen LogP contribution in [-0.2, 0) is 45.5 Å². The number of aryl methyl sites for hydroxylation is 1. The predicted molar refractivity (Wildman–Crippen MR) is 208 cm³/mol. The van der Waals surface area contributed by atoms with Gasteiger partial charge in [-0.3, -0.25) is 19.2 Å². The van der Waals surface area contributed by atoms with Gasteiger partial charge in [0.1, 0.15) is 0 Å². The standard InChI is InChI=1S/C41H38N4O6S2/c1-51-40(46)25-22-32-20-23-36(24-21-32)44(53(49,50)39-15-9-8-14-38(39)45(47)48)29-34-18-16-33(17-19-34)28-43(27-26-31-10-4-2-5-11-31)41-42-37(30-52-41)35-12-6-3-7-13-35/h2-21,23-24,30H,22,25-29H2,1H3. The molecule has 10 nitrogen and oxygen atoms in total. The molecule has 0 N–H and O–H groups in total. The number of nitro groups is 1. The highest BCUT2D eigenvalue weighted by atomic mass is 32.2. The van der Waals surface area contributed by atoms with Crippen molar-refractivity contribution in [3.05, 3.63) is 171 Å². The molecule has 1 aromatic heterocycles. The maximum absolute atomic E-state index is 14.2. The number of carbonyl (C=O) groups is 1. The van der Waals surface area contributed by atoms with Gasteiger partial charge in [-0.15, -0.1) is 11.3 Å². The molecule has 270 valence electrons. The zero-order chi connectivity index (χ0) is 37.2. The van der Waals surface area contributed by atoms with Gasteiger partial charge in [0.2, 0.25) is 0 Å². The molecule has 0 spiro atoms. The Labute approximate surface area is 313 Å². The van der Waals surface area contributed by atoms with Crippen molar-refractivity contribution in [2.45, 2.75) is 37.2 Å². The molecular formula is C41H38N4O6S2. The summed E-state index contributed by atoms with van der Waals surface area (Å²) in [7, 11) is -3.06. The van der Waals surface area contributed by atoms with E-state index in [2.05, 4.69) is 22.4 Å². The van der Waals surface area contributed by atoms with E-state index in [0.29, 0.717) is 24.2 Å². The summed E-state index contributed by atoms with van der Waals surface area (Å²) in [6, 6.07) is 40.2. The summed E-state index contributed by atoms with van der Waals surface area (Å²) < 4.78 is 34.3. The van der Waals surface area contributed by atoms with Gasteiger partial charge in [-0.25, -0.2) is 13.4 Å². The van der Waals surface area contributed by atoms with Crippen molar-refractivity contribution in [3.8, 4) is 11.3 Å². The normalized spacial score (nSPS) is 11.2. The van der Waals surface area contributed by atoms with Crippen LogP contribution in [0.15, 0.2) is 144 Å². The minimum absolute atomic E-state index is 0.0686. The van der Waals surface area contributed by atoms with Crippen molar-refractivity contribution in [2.24, 2.45) is 0 Å². The first-order valence-corrected chi connectivity index (χ1v) is 19.3. The summed E-state index contributed by atoms with van der Waals surface area (Å²) >= 11 is 1.60. The molecule has 0 aliphatic rings. The van der Waals surface area contributed by atoms with Crippen LogP contribution in [0.3, 0.4) is 0 Å². The lowest BCUT2D eigenvalue weighted by molar-refractivity contribution is -0.387. The third-order valence-electron chi connectivity index (χ3n) is 8.77. The smallest absolute Gasteiger partial charge is 0.305 e.